The Labute approximate surface area is 114 Å². The molecule has 18 heavy (non-hydrogen) atoms. The topological polar surface area (TPSA) is 44.8 Å². The molecule has 0 radical (unpaired) electrons. The summed E-state index contributed by atoms with van der Waals surface area (Å²) in [6, 6.07) is 7.45. The molecule has 1 aliphatic heterocycles. The minimum absolute atomic E-state index is 0.0579. The average Bonchev–Trinajstić information content (AvgIpc) is 2.92. The first-order valence-electron chi connectivity index (χ1n) is 5.79. The standard InChI is InChI=1S/C13H15BrO4/c14-7-12(15)11-4-2-1-3-10(11)8-16-9-13-17-5-6-18-13/h1-4,13H,5-9H2. The van der Waals surface area contributed by atoms with Crippen molar-refractivity contribution < 1.29 is 19.0 Å². The molecular formula is C13H15BrO4. The van der Waals surface area contributed by atoms with Crippen molar-refractivity contribution in [2.75, 3.05) is 25.2 Å². The van der Waals surface area contributed by atoms with E-state index in [-0.39, 0.29) is 12.1 Å². The van der Waals surface area contributed by atoms with Gasteiger partial charge in [0.2, 0.25) is 0 Å². The Morgan fingerprint density at radius 2 is 2.06 bits per heavy atom. The maximum Gasteiger partial charge on any atom is 0.181 e. The number of rotatable bonds is 6. The van der Waals surface area contributed by atoms with E-state index in [1.807, 2.05) is 24.3 Å². The zero-order valence-corrected chi connectivity index (χ0v) is 11.5. The monoisotopic (exact) mass is 314 g/mol. The number of ketones is 1. The molecule has 2 rings (SSSR count). The predicted molar refractivity (Wildman–Crippen MR) is 69.9 cm³/mol. The van der Waals surface area contributed by atoms with Crippen LogP contribution in [0.4, 0.5) is 0 Å². The Morgan fingerprint density at radius 1 is 1.33 bits per heavy atom. The lowest BCUT2D eigenvalue weighted by Gasteiger charge is -2.11. The van der Waals surface area contributed by atoms with Crippen LogP contribution in [0.5, 0.6) is 0 Å². The fourth-order valence-electron chi connectivity index (χ4n) is 1.76. The van der Waals surface area contributed by atoms with Gasteiger partial charge in [-0.2, -0.15) is 0 Å². The number of Topliss-reactive ketones (excluding diaryl/α,β-unsaturated/α-hetero) is 1. The second-order valence-electron chi connectivity index (χ2n) is 3.90. The van der Waals surface area contributed by atoms with Crippen LogP contribution >= 0.6 is 15.9 Å². The Kier molecular flexibility index (Phi) is 5.31. The summed E-state index contributed by atoms with van der Waals surface area (Å²) in [4.78, 5) is 11.7. The molecule has 1 aromatic carbocycles. The van der Waals surface area contributed by atoms with Gasteiger partial charge < -0.3 is 14.2 Å². The molecule has 0 N–H and O–H groups in total. The maximum absolute atomic E-state index is 11.7. The fraction of sp³-hybridized carbons (Fsp3) is 0.462. The fourth-order valence-corrected chi connectivity index (χ4v) is 2.06. The molecule has 1 aromatic rings. The minimum Gasteiger partial charge on any atom is -0.371 e. The molecule has 1 saturated heterocycles. The van der Waals surface area contributed by atoms with Gasteiger partial charge in [0.1, 0.15) is 0 Å². The summed E-state index contributed by atoms with van der Waals surface area (Å²) in [6.45, 7) is 2.01. The molecule has 4 nitrogen and oxygen atoms in total. The van der Waals surface area contributed by atoms with Crippen molar-refractivity contribution in [3.63, 3.8) is 0 Å². The number of carbonyl (C=O) groups is 1. The van der Waals surface area contributed by atoms with Crippen molar-refractivity contribution in [3.05, 3.63) is 35.4 Å². The van der Waals surface area contributed by atoms with Crippen LogP contribution in [0.3, 0.4) is 0 Å². The summed E-state index contributed by atoms with van der Waals surface area (Å²) >= 11 is 3.18. The van der Waals surface area contributed by atoms with Crippen LogP contribution in [0.1, 0.15) is 15.9 Å². The van der Waals surface area contributed by atoms with Gasteiger partial charge in [-0.05, 0) is 5.56 Å². The van der Waals surface area contributed by atoms with Crippen molar-refractivity contribution in [1.29, 1.82) is 0 Å². The van der Waals surface area contributed by atoms with Gasteiger partial charge in [-0.3, -0.25) is 4.79 Å². The molecule has 98 valence electrons. The molecule has 1 heterocycles. The second kappa shape index (κ2) is 6.99. The van der Waals surface area contributed by atoms with Gasteiger partial charge in [0, 0.05) is 5.56 Å². The molecular weight excluding hydrogens is 300 g/mol. The number of benzene rings is 1. The molecule has 0 spiro atoms. The highest BCUT2D eigenvalue weighted by atomic mass is 79.9. The predicted octanol–water partition coefficient (Wildman–Crippen LogP) is 2.15. The van der Waals surface area contributed by atoms with E-state index in [1.54, 1.807) is 0 Å². The summed E-state index contributed by atoms with van der Waals surface area (Å²) in [5.74, 6) is 0.0579. The Morgan fingerprint density at radius 3 is 2.78 bits per heavy atom. The minimum atomic E-state index is -0.274. The molecule has 0 saturated carbocycles. The first kappa shape index (κ1) is 13.7. The number of halogens is 1. The summed E-state index contributed by atoms with van der Waals surface area (Å²) < 4.78 is 16.1. The molecule has 5 heteroatoms. The normalized spacial score (nSPS) is 16.1. The zero-order valence-electron chi connectivity index (χ0n) is 9.93. The lowest BCUT2D eigenvalue weighted by Crippen LogP contribution is -2.16. The van der Waals surface area contributed by atoms with Crippen LogP contribution in [-0.4, -0.2) is 37.2 Å². The van der Waals surface area contributed by atoms with Crippen LogP contribution in [0, 0.1) is 0 Å². The number of carbonyl (C=O) groups excluding carboxylic acids is 1. The maximum atomic E-state index is 11.7. The Hall–Kier alpha value is -0.750. The molecule has 0 amide bonds. The van der Waals surface area contributed by atoms with Crippen molar-refractivity contribution in [2.24, 2.45) is 0 Å². The molecule has 1 aliphatic rings. The number of ether oxygens (including phenoxy) is 3. The third kappa shape index (κ3) is 3.62. The van der Waals surface area contributed by atoms with Crippen LogP contribution in [0.25, 0.3) is 0 Å². The smallest absolute Gasteiger partial charge is 0.181 e. The molecule has 0 unspecified atom stereocenters. The Balaban J connectivity index is 1.89. The summed E-state index contributed by atoms with van der Waals surface area (Å²) in [7, 11) is 0. The quantitative estimate of drug-likeness (QED) is 0.596. The van der Waals surface area contributed by atoms with Gasteiger partial charge in [0.25, 0.3) is 0 Å². The molecule has 0 bridgehead atoms. The molecule has 0 aliphatic carbocycles. The van der Waals surface area contributed by atoms with E-state index in [1.165, 1.54) is 0 Å². The first-order chi connectivity index (χ1) is 8.81. The van der Waals surface area contributed by atoms with Crippen LogP contribution in [0.15, 0.2) is 24.3 Å². The number of hydrogen-bond donors (Lipinski definition) is 0. The molecule has 0 aromatic heterocycles. The molecule has 0 atom stereocenters. The average molecular weight is 315 g/mol. The highest BCUT2D eigenvalue weighted by Crippen LogP contribution is 2.13. The van der Waals surface area contributed by atoms with E-state index in [9.17, 15) is 4.79 Å². The van der Waals surface area contributed by atoms with E-state index in [4.69, 9.17) is 14.2 Å². The van der Waals surface area contributed by atoms with Crippen LogP contribution in [0.2, 0.25) is 0 Å². The molecule has 1 fully saturated rings. The lowest BCUT2D eigenvalue weighted by molar-refractivity contribution is -0.0975. The zero-order chi connectivity index (χ0) is 12.8. The van der Waals surface area contributed by atoms with Gasteiger partial charge >= 0.3 is 0 Å². The highest BCUT2D eigenvalue weighted by Gasteiger charge is 2.16. The van der Waals surface area contributed by atoms with E-state index in [0.717, 1.165) is 5.56 Å². The third-order valence-electron chi connectivity index (χ3n) is 2.64. The van der Waals surface area contributed by atoms with Gasteiger partial charge in [-0.1, -0.05) is 40.2 Å². The highest BCUT2D eigenvalue weighted by molar-refractivity contribution is 9.09. The number of hydrogen-bond acceptors (Lipinski definition) is 4. The SMILES string of the molecule is O=C(CBr)c1ccccc1COCC1OCCO1. The van der Waals surface area contributed by atoms with Crippen molar-refractivity contribution >= 4 is 21.7 Å². The van der Waals surface area contributed by atoms with Gasteiger partial charge in [-0.15, -0.1) is 0 Å². The van der Waals surface area contributed by atoms with E-state index >= 15 is 0 Å². The lowest BCUT2D eigenvalue weighted by atomic mass is 10.1. The summed E-state index contributed by atoms with van der Waals surface area (Å²) in [5.41, 5.74) is 1.59. The largest absolute Gasteiger partial charge is 0.371 e. The van der Waals surface area contributed by atoms with Crippen LogP contribution in [-0.2, 0) is 20.8 Å². The van der Waals surface area contributed by atoms with Crippen LogP contribution < -0.4 is 0 Å². The third-order valence-corrected chi connectivity index (χ3v) is 3.15. The van der Waals surface area contributed by atoms with E-state index in [2.05, 4.69) is 15.9 Å². The van der Waals surface area contributed by atoms with E-state index in [0.29, 0.717) is 37.3 Å². The Bertz CT molecular complexity index is 402. The number of alkyl halides is 1. The van der Waals surface area contributed by atoms with Crippen molar-refractivity contribution in [3.8, 4) is 0 Å². The van der Waals surface area contributed by atoms with Gasteiger partial charge in [0.15, 0.2) is 12.1 Å². The first-order valence-corrected chi connectivity index (χ1v) is 6.91. The van der Waals surface area contributed by atoms with Crippen molar-refractivity contribution in [1.82, 2.24) is 0 Å². The van der Waals surface area contributed by atoms with Crippen molar-refractivity contribution in [2.45, 2.75) is 12.9 Å². The summed E-state index contributed by atoms with van der Waals surface area (Å²) in [6.07, 6.45) is -0.274. The van der Waals surface area contributed by atoms with E-state index < -0.39 is 0 Å². The van der Waals surface area contributed by atoms with Gasteiger partial charge in [0.05, 0.1) is 31.8 Å². The second-order valence-corrected chi connectivity index (χ2v) is 4.46. The van der Waals surface area contributed by atoms with Gasteiger partial charge in [-0.25, -0.2) is 0 Å². The summed E-state index contributed by atoms with van der Waals surface area (Å²) in [5, 5.41) is 0.318.